The molecule has 1 fully saturated rings. The largest absolute Gasteiger partial charge is 0.480 e. The Morgan fingerprint density at radius 2 is 2.20 bits per heavy atom. The fraction of sp³-hybridized carbons (Fsp3) is 0.750. The lowest BCUT2D eigenvalue weighted by Gasteiger charge is -2.30. The molecule has 86 valence electrons. The van der Waals surface area contributed by atoms with Crippen molar-refractivity contribution in [1.82, 2.24) is 0 Å². The first-order valence-corrected chi connectivity index (χ1v) is 5.50. The van der Waals surface area contributed by atoms with Gasteiger partial charge in [-0.05, 0) is 44.6 Å². The molecule has 0 saturated heterocycles. The van der Waals surface area contributed by atoms with E-state index in [1.54, 1.807) is 0 Å². The van der Waals surface area contributed by atoms with Crippen molar-refractivity contribution >= 4 is 5.97 Å². The maximum absolute atomic E-state index is 10.5. The van der Waals surface area contributed by atoms with Gasteiger partial charge in [0.25, 0.3) is 0 Å². The Balaban J connectivity index is 2.63. The minimum absolute atomic E-state index is 0.0230. The summed E-state index contributed by atoms with van der Waals surface area (Å²) in [6.45, 7) is 6.15. The Bertz CT molecular complexity index is 264. The van der Waals surface area contributed by atoms with Crippen molar-refractivity contribution in [2.75, 3.05) is 6.61 Å². The van der Waals surface area contributed by atoms with Gasteiger partial charge in [0.15, 0.2) is 0 Å². The summed E-state index contributed by atoms with van der Waals surface area (Å²) in [5, 5.41) is 8.59. The fourth-order valence-corrected chi connectivity index (χ4v) is 2.10. The number of aliphatic carboxylic acids is 1. The number of ether oxygens (including phenoxy) is 1. The van der Waals surface area contributed by atoms with Crippen LogP contribution in [0.4, 0.5) is 0 Å². The second-order valence-corrected chi connectivity index (χ2v) is 4.60. The van der Waals surface area contributed by atoms with E-state index < -0.39 is 5.97 Å². The van der Waals surface area contributed by atoms with E-state index in [9.17, 15) is 4.79 Å². The zero-order valence-corrected chi connectivity index (χ0v) is 9.75. The smallest absolute Gasteiger partial charge is 0.329 e. The lowest BCUT2D eigenvalue weighted by molar-refractivity contribution is -0.144. The number of allylic oxidation sites excluding steroid dienone is 1. The van der Waals surface area contributed by atoms with Gasteiger partial charge in [0.2, 0.25) is 0 Å². The van der Waals surface area contributed by atoms with E-state index in [1.165, 1.54) is 17.6 Å². The molecule has 0 unspecified atom stereocenters. The molecule has 0 aromatic rings. The van der Waals surface area contributed by atoms with Crippen LogP contribution in [-0.2, 0) is 9.53 Å². The van der Waals surface area contributed by atoms with Gasteiger partial charge in [-0.3, -0.25) is 0 Å². The van der Waals surface area contributed by atoms with E-state index in [0.717, 1.165) is 12.8 Å². The van der Waals surface area contributed by atoms with Crippen LogP contribution in [0.5, 0.6) is 0 Å². The average Bonchev–Trinajstić information content (AvgIpc) is 2.14. The maximum atomic E-state index is 10.5. The number of hydrogen-bond donors (Lipinski definition) is 1. The second kappa shape index (κ2) is 5.31. The third-order valence-corrected chi connectivity index (χ3v) is 2.96. The topological polar surface area (TPSA) is 46.5 Å². The van der Waals surface area contributed by atoms with Crippen molar-refractivity contribution < 1.29 is 14.6 Å². The first kappa shape index (κ1) is 12.2. The molecule has 0 aromatic heterocycles. The number of hydrogen-bond acceptors (Lipinski definition) is 2. The lowest BCUT2D eigenvalue weighted by Crippen LogP contribution is -2.27. The predicted octanol–water partition coefficient (Wildman–Crippen LogP) is 2.61. The molecule has 0 radical (unpaired) electrons. The average molecular weight is 212 g/mol. The second-order valence-electron chi connectivity index (χ2n) is 4.60. The molecule has 0 amide bonds. The highest BCUT2D eigenvalue weighted by atomic mass is 16.5. The first-order chi connectivity index (χ1) is 7.00. The molecule has 0 bridgehead atoms. The molecule has 0 aromatic carbocycles. The van der Waals surface area contributed by atoms with E-state index in [1.807, 2.05) is 0 Å². The molecular weight excluding hydrogens is 192 g/mol. The van der Waals surface area contributed by atoms with E-state index in [2.05, 4.69) is 20.8 Å². The minimum atomic E-state index is -0.888. The molecule has 1 saturated carbocycles. The van der Waals surface area contributed by atoms with E-state index in [4.69, 9.17) is 9.84 Å². The van der Waals surface area contributed by atoms with Crippen molar-refractivity contribution in [3.05, 3.63) is 11.1 Å². The van der Waals surface area contributed by atoms with Gasteiger partial charge in [-0.2, -0.15) is 0 Å². The van der Waals surface area contributed by atoms with Crippen molar-refractivity contribution in [3.63, 3.8) is 0 Å². The molecule has 15 heavy (non-hydrogen) atoms. The summed E-state index contributed by atoms with van der Waals surface area (Å²) in [5.41, 5.74) is 2.58. The monoisotopic (exact) mass is 212 g/mol. The van der Waals surface area contributed by atoms with E-state index in [0.29, 0.717) is 5.92 Å². The van der Waals surface area contributed by atoms with Crippen molar-refractivity contribution in [2.24, 2.45) is 5.92 Å². The zero-order chi connectivity index (χ0) is 11.4. The molecule has 1 N–H and O–H groups in total. The van der Waals surface area contributed by atoms with Gasteiger partial charge < -0.3 is 9.84 Å². The third kappa shape index (κ3) is 3.67. The zero-order valence-electron chi connectivity index (χ0n) is 9.75. The van der Waals surface area contributed by atoms with Crippen LogP contribution in [0.25, 0.3) is 0 Å². The normalized spacial score (nSPS) is 26.5. The Kier molecular flexibility index (Phi) is 4.33. The Hall–Kier alpha value is -0.830. The van der Waals surface area contributed by atoms with Gasteiger partial charge in [-0.25, -0.2) is 4.79 Å². The predicted molar refractivity (Wildman–Crippen MR) is 58.8 cm³/mol. The molecule has 2 atom stereocenters. The SMILES string of the molecule is CC(C)=C1CC[C@@H](C)C[C@H]1OCC(=O)O. The summed E-state index contributed by atoms with van der Waals surface area (Å²) in [6, 6.07) is 0. The third-order valence-electron chi connectivity index (χ3n) is 2.96. The van der Waals surface area contributed by atoms with Gasteiger partial charge in [0.1, 0.15) is 6.61 Å². The molecular formula is C12H20O3. The van der Waals surface area contributed by atoms with Crippen molar-refractivity contribution in [1.29, 1.82) is 0 Å². The molecule has 1 aliphatic rings. The van der Waals surface area contributed by atoms with Crippen LogP contribution in [0, 0.1) is 5.92 Å². The Morgan fingerprint density at radius 3 is 2.73 bits per heavy atom. The summed E-state index contributed by atoms with van der Waals surface area (Å²) in [6.07, 6.45) is 3.21. The van der Waals surface area contributed by atoms with Crippen LogP contribution in [-0.4, -0.2) is 23.8 Å². The van der Waals surface area contributed by atoms with Gasteiger partial charge in [-0.15, -0.1) is 0 Å². The lowest BCUT2D eigenvalue weighted by atomic mass is 9.83. The van der Waals surface area contributed by atoms with Crippen LogP contribution in [0.2, 0.25) is 0 Å². The van der Waals surface area contributed by atoms with E-state index in [-0.39, 0.29) is 12.7 Å². The number of carboxylic acid groups (broad SMARTS) is 1. The fourth-order valence-electron chi connectivity index (χ4n) is 2.10. The maximum Gasteiger partial charge on any atom is 0.329 e. The van der Waals surface area contributed by atoms with Crippen LogP contribution < -0.4 is 0 Å². The van der Waals surface area contributed by atoms with Gasteiger partial charge in [-0.1, -0.05) is 12.5 Å². The number of carbonyl (C=O) groups is 1. The number of carboxylic acids is 1. The van der Waals surface area contributed by atoms with Crippen molar-refractivity contribution in [3.8, 4) is 0 Å². The summed E-state index contributed by atoms with van der Waals surface area (Å²) < 4.78 is 5.43. The summed E-state index contributed by atoms with van der Waals surface area (Å²) in [5.74, 6) is -0.256. The minimum Gasteiger partial charge on any atom is -0.480 e. The molecule has 3 heteroatoms. The van der Waals surface area contributed by atoms with Crippen LogP contribution in [0.15, 0.2) is 11.1 Å². The highest BCUT2D eigenvalue weighted by molar-refractivity contribution is 5.68. The highest BCUT2D eigenvalue weighted by Crippen LogP contribution is 2.32. The van der Waals surface area contributed by atoms with Crippen molar-refractivity contribution in [2.45, 2.75) is 46.1 Å². The quantitative estimate of drug-likeness (QED) is 0.731. The molecule has 1 rings (SSSR count). The van der Waals surface area contributed by atoms with E-state index >= 15 is 0 Å². The van der Waals surface area contributed by atoms with Crippen LogP contribution in [0.3, 0.4) is 0 Å². The Morgan fingerprint density at radius 1 is 1.53 bits per heavy atom. The molecule has 3 nitrogen and oxygen atoms in total. The number of rotatable bonds is 3. The standard InChI is InChI=1S/C12H20O3/c1-8(2)10-5-4-9(3)6-11(10)15-7-12(13)14/h9,11H,4-7H2,1-3H3,(H,13,14)/t9-,11-/m1/s1. The van der Waals surface area contributed by atoms with Gasteiger partial charge in [0.05, 0.1) is 6.10 Å². The molecule has 0 spiro atoms. The molecule has 1 aliphatic carbocycles. The molecule has 0 aliphatic heterocycles. The molecule has 0 heterocycles. The van der Waals surface area contributed by atoms with Gasteiger partial charge in [0, 0.05) is 0 Å². The van der Waals surface area contributed by atoms with Crippen LogP contribution in [0.1, 0.15) is 40.0 Å². The first-order valence-electron chi connectivity index (χ1n) is 5.50. The summed E-state index contributed by atoms with van der Waals surface area (Å²) in [4.78, 5) is 10.5. The summed E-state index contributed by atoms with van der Waals surface area (Å²) >= 11 is 0. The van der Waals surface area contributed by atoms with Crippen LogP contribution >= 0.6 is 0 Å². The highest BCUT2D eigenvalue weighted by Gasteiger charge is 2.25. The Labute approximate surface area is 91.1 Å². The summed E-state index contributed by atoms with van der Waals surface area (Å²) in [7, 11) is 0. The van der Waals surface area contributed by atoms with Gasteiger partial charge >= 0.3 is 5.97 Å².